The summed E-state index contributed by atoms with van der Waals surface area (Å²) in [6.07, 6.45) is 4.02. The third-order valence-electron chi connectivity index (χ3n) is 4.09. The Morgan fingerprint density at radius 3 is 2.53 bits per heavy atom. The van der Waals surface area contributed by atoms with Gasteiger partial charge in [-0.1, -0.05) is 64.8 Å². The van der Waals surface area contributed by atoms with Gasteiger partial charge in [0.15, 0.2) is 0 Å². The van der Waals surface area contributed by atoms with Gasteiger partial charge in [-0.25, -0.2) is 0 Å². The summed E-state index contributed by atoms with van der Waals surface area (Å²) in [4.78, 5) is 0. The van der Waals surface area contributed by atoms with Gasteiger partial charge >= 0.3 is 0 Å². The van der Waals surface area contributed by atoms with E-state index in [-0.39, 0.29) is 6.04 Å². The fourth-order valence-corrected chi connectivity index (χ4v) is 3.19. The number of hydrogen-bond acceptors (Lipinski definition) is 1. The number of rotatable bonds is 3. The first-order valence-electron chi connectivity index (χ1n) is 6.85. The standard InChI is InChI=1S/C17H18BrN/c18-16-10-2-1-9-15(16)17(19)14-8-4-7-13(11-14)12-5-3-6-12/h1-2,4,7-12,17H,3,5-6,19H2. The van der Waals surface area contributed by atoms with E-state index in [0.717, 1.165) is 16.0 Å². The molecule has 3 rings (SSSR count). The highest BCUT2D eigenvalue weighted by atomic mass is 79.9. The highest BCUT2D eigenvalue weighted by molar-refractivity contribution is 9.10. The van der Waals surface area contributed by atoms with Gasteiger partial charge in [0.1, 0.15) is 0 Å². The van der Waals surface area contributed by atoms with Gasteiger partial charge in [-0.15, -0.1) is 0 Å². The van der Waals surface area contributed by atoms with Crippen LogP contribution in [0.1, 0.15) is 47.9 Å². The maximum absolute atomic E-state index is 6.42. The van der Waals surface area contributed by atoms with E-state index in [1.807, 2.05) is 18.2 Å². The first-order valence-corrected chi connectivity index (χ1v) is 7.65. The maximum atomic E-state index is 6.42. The van der Waals surface area contributed by atoms with Crippen molar-refractivity contribution in [3.8, 4) is 0 Å². The third-order valence-corrected chi connectivity index (χ3v) is 4.81. The molecule has 0 heterocycles. The molecule has 0 bridgehead atoms. The van der Waals surface area contributed by atoms with Gasteiger partial charge in [0.05, 0.1) is 6.04 Å². The number of hydrogen-bond donors (Lipinski definition) is 1. The molecule has 0 radical (unpaired) electrons. The highest BCUT2D eigenvalue weighted by Crippen LogP contribution is 2.37. The van der Waals surface area contributed by atoms with Crippen molar-refractivity contribution in [1.82, 2.24) is 0 Å². The van der Waals surface area contributed by atoms with E-state index in [1.165, 1.54) is 30.4 Å². The number of nitrogens with two attached hydrogens (primary N) is 1. The van der Waals surface area contributed by atoms with Gasteiger partial charge in [-0.2, -0.15) is 0 Å². The Bertz CT molecular complexity index is 575. The van der Waals surface area contributed by atoms with Crippen molar-refractivity contribution in [2.75, 3.05) is 0 Å². The summed E-state index contributed by atoms with van der Waals surface area (Å²) >= 11 is 3.59. The molecular weight excluding hydrogens is 298 g/mol. The molecule has 1 saturated carbocycles. The predicted octanol–water partition coefficient (Wildman–Crippen LogP) is 4.76. The molecule has 2 heteroatoms. The Balaban J connectivity index is 1.91. The minimum atomic E-state index is -0.0596. The summed E-state index contributed by atoms with van der Waals surface area (Å²) in [5.41, 5.74) is 10.2. The van der Waals surface area contributed by atoms with Crippen molar-refractivity contribution < 1.29 is 0 Å². The van der Waals surface area contributed by atoms with Crippen LogP contribution in [-0.4, -0.2) is 0 Å². The van der Waals surface area contributed by atoms with E-state index < -0.39 is 0 Å². The van der Waals surface area contributed by atoms with Crippen LogP contribution in [0.15, 0.2) is 53.0 Å². The summed E-state index contributed by atoms with van der Waals surface area (Å²) in [5.74, 6) is 0.756. The lowest BCUT2D eigenvalue weighted by molar-refractivity contribution is 0.419. The average molecular weight is 316 g/mol. The van der Waals surface area contributed by atoms with Crippen molar-refractivity contribution in [2.24, 2.45) is 5.73 Å². The fraction of sp³-hybridized carbons (Fsp3) is 0.294. The quantitative estimate of drug-likeness (QED) is 0.867. The summed E-state index contributed by atoms with van der Waals surface area (Å²) in [7, 11) is 0. The molecule has 98 valence electrons. The first-order chi connectivity index (χ1) is 9.25. The van der Waals surface area contributed by atoms with Crippen molar-refractivity contribution in [3.05, 3.63) is 69.7 Å². The molecule has 1 aliphatic carbocycles. The SMILES string of the molecule is NC(c1cccc(C2CCC2)c1)c1ccccc1Br. The van der Waals surface area contributed by atoms with Gasteiger partial charge in [-0.05, 0) is 41.5 Å². The molecule has 0 amide bonds. The second-order valence-electron chi connectivity index (χ2n) is 5.30. The van der Waals surface area contributed by atoms with Crippen LogP contribution < -0.4 is 5.73 Å². The van der Waals surface area contributed by atoms with Crippen molar-refractivity contribution in [3.63, 3.8) is 0 Å². The number of benzene rings is 2. The lowest BCUT2D eigenvalue weighted by atomic mass is 9.79. The van der Waals surface area contributed by atoms with E-state index >= 15 is 0 Å². The van der Waals surface area contributed by atoms with Crippen LogP contribution in [0.3, 0.4) is 0 Å². The third kappa shape index (κ3) is 2.60. The Labute approximate surface area is 123 Å². The number of halogens is 1. The van der Waals surface area contributed by atoms with E-state index in [0.29, 0.717) is 0 Å². The zero-order chi connectivity index (χ0) is 13.2. The zero-order valence-corrected chi connectivity index (χ0v) is 12.4. The van der Waals surface area contributed by atoms with Gasteiger partial charge < -0.3 is 5.73 Å². The summed E-state index contributed by atoms with van der Waals surface area (Å²) in [6.45, 7) is 0. The molecule has 1 nitrogen and oxygen atoms in total. The molecule has 1 fully saturated rings. The smallest absolute Gasteiger partial charge is 0.0562 e. The van der Waals surface area contributed by atoms with Gasteiger partial charge in [0.25, 0.3) is 0 Å². The largest absolute Gasteiger partial charge is 0.320 e. The minimum Gasteiger partial charge on any atom is -0.320 e. The summed E-state index contributed by atoms with van der Waals surface area (Å²) in [5, 5.41) is 0. The molecule has 0 spiro atoms. The normalized spacial score (nSPS) is 16.9. The molecule has 1 atom stereocenters. The molecule has 2 N–H and O–H groups in total. The van der Waals surface area contributed by atoms with Crippen LogP contribution >= 0.6 is 15.9 Å². The van der Waals surface area contributed by atoms with E-state index in [9.17, 15) is 0 Å². The second kappa shape index (κ2) is 5.48. The van der Waals surface area contributed by atoms with Gasteiger partial charge in [0, 0.05) is 4.47 Å². The molecule has 1 aliphatic rings. The van der Waals surface area contributed by atoms with Crippen molar-refractivity contribution in [2.45, 2.75) is 31.2 Å². The Morgan fingerprint density at radius 1 is 1.05 bits per heavy atom. The van der Waals surface area contributed by atoms with Crippen LogP contribution in [0.4, 0.5) is 0 Å². The fourth-order valence-electron chi connectivity index (χ4n) is 2.65. The van der Waals surface area contributed by atoms with Crippen LogP contribution in [0.2, 0.25) is 0 Å². The lowest BCUT2D eigenvalue weighted by Crippen LogP contribution is -2.14. The second-order valence-corrected chi connectivity index (χ2v) is 6.15. The van der Waals surface area contributed by atoms with Gasteiger partial charge in [0.2, 0.25) is 0 Å². The molecule has 0 saturated heterocycles. The molecule has 19 heavy (non-hydrogen) atoms. The minimum absolute atomic E-state index is 0.0596. The average Bonchev–Trinajstić information content (AvgIpc) is 2.37. The van der Waals surface area contributed by atoms with Crippen LogP contribution in [-0.2, 0) is 0 Å². The van der Waals surface area contributed by atoms with Gasteiger partial charge in [-0.3, -0.25) is 0 Å². The zero-order valence-electron chi connectivity index (χ0n) is 10.9. The molecular formula is C17H18BrN. The Hall–Kier alpha value is -1.12. The first kappa shape index (κ1) is 12.9. The van der Waals surface area contributed by atoms with E-state index in [2.05, 4.69) is 46.3 Å². The van der Waals surface area contributed by atoms with Crippen LogP contribution in [0.5, 0.6) is 0 Å². The van der Waals surface area contributed by atoms with E-state index in [4.69, 9.17) is 5.73 Å². The van der Waals surface area contributed by atoms with Crippen molar-refractivity contribution in [1.29, 1.82) is 0 Å². The van der Waals surface area contributed by atoms with Crippen molar-refractivity contribution >= 4 is 15.9 Å². The monoisotopic (exact) mass is 315 g/mol. The molecule has 1 unspecified atom stereocenters. The van der Waals surface area contributed by atoms with Crippen LogP contribution in [0, 0.1) is 0 Å². The molecule has 2 aromatic carbocycles. The van der Waals surface area contributed by atoms with Crippen LogP contribution in [0.25, 0.3) is 0 Å². The molecule has 0 aliphatic heterocycles. The maximum Gasteiger partial charge on any atom is 0.0562 e. The Kier molecular flexibility index (Phi) is 3.72. The summed E-state index contributed by atoms with van der Waals surface area (Å²) in [6, 6.07) is 16.9. The topological polar surface area (TPSA) is 26.0 Å². The van der Waals surface area contributed by atoms with E-state index in [1.54, 1.807) is 0 Å². The Morgan fingerprint density at radius 2 is 1.84 bits per heavy atom. The predicted molar refractivity (Wildman–Crippen MR) is 83.2 cm³/mol. The lowest BCUT2D eigenvalue weighted by Gasteiger charge is -2.26. The highest BCUT2D eigenvalue weighted by Gasteiger charge is 2.20. The summed E-state index contributed by atoms with van der Waals surface area (Å²) < 4.78 is 1.08. The molecule has 0 aromatic heterocycles. The molecule has 2 aromatic rings.